The number of amides is 1. The molecule has 1 heterocycles. The molecule has 1 N–H and O–H groups in total. The highest BCUT2D eigenvalue weighted by atomic mass is 35.5. The van der Waals surface area contributed by atoms with Crippen LogP contribution in [0, 0.1) is 6.92 Å². The molecule has 26 heavy (non-hydrogen) atoms. The van der Waals surface area contributed by atoms with Crippen LogP contribution in [0.4, 0.5) is 0 Å². The fraction of sp³-hybridized carbons (Fsp3) is 0.238. The largest absolute Gasteiger partial charge is 0.354 e. The molecule has 3 aromatic rings. The van der Waals surface area contributed by atoms with Crippen LogP contribution in [0.25, 0.3) is 22.2 Å². The number of carbonyl (C=O) groups is 1. The zero-order valence-corrected chi connectivity index (χ0v) is 16.3. The normalized spacial score (nSPS) is 11.1. The standard InChI is InChI=1S/C21H22BClN2O/c1-12(2)24-20(26)11-18-13(3)17-10-15(22)7-8-19(17)25-21(18)14-5-4-6-16(23)9-14/h4-10,12H,11,22H2,1-3H3,(H,24,26). The van der Waals surface area contributed by atoms with Gasteiger partial charge in [0.25, 0.3) is 0 Å². The fourth-order valence-electron chi connectivity index (χ4n) is 3.20. The first kappa shape index (κ1) is 18.5. The third kappa shape index (κ3) is 3.91. The Hall–Kier alpha value is -2.33. The van der Waals surface area contributed by atoms with Crippen molar-refractivity contribution in [2.75, 3.05) is 0 Å². The lowest BCUT2D eigenvalue weighted by Gasteiger charge is -2.16. The van der Waals surface area contributed by atoms with Gasteiger partial charge in [0.15, 0.2) is 0 Å². The number of nitrogens with zero attached hydrogens (tertiary/aromatic N) is 1. The number of fused-ring (bicyclic) bond motifs is 1. The van der Waals surface area contributed by atoms with E-state index < -0.39 is 0 Å². The predicted octanol–water partition coefficient (Wildman–Crippen LogP) is 3.19. The second kappa shape index (κ2) is 7.51. The number of pyridine rings is 1. The van der Waals surface area contributed by atoms with E-state index in [-0.39, 0.29) is 11.9 Å². The van der Waals surface area contributed by atoms with E-state index in [1.54, 1.807) is 0 Å². The molecule has 5 heteroatoms. The molecular weight excluding hydrogens is 343 g/mol. The number of nitrogens with one attached hydrogen (secondary N) is 1. The van der Waals surface area contributed by atoms with Crippen molar-refractivity contribution in [2.45, 2.75) is 33.2 Å². The summed E-state index contributed by atoms with van der Waals surface area (Å²) in [4.78, 5) is 17.3. The molecule has 1 aromatic heterocycles. The Morgan fingerprint density at radius 1 is 1.23 bits per heavy atom. The molecule has 0 atom stereocenters. The number of halogens is 1. The Morgan fingerprint density at radius 2 is 2.00 bits per heavy atom. The predicted molar refractivity (Wildman–Crippen MR) is 112 cm³/mol. The maximum absolute atomic E-state index is 12.5. The summed E-state index contributed by atoms with van der Waals surface area (Å²) in [6.45, 7) is 5.99. The van der Waals surface area contributed by atoms with Crippen LogP contribution in [0.1, 0.15) is 25.0 Å². The molecule has 0 aliphatic heterocycles. The number of aromatic nitrogens is 1. The van der Waals surface area contributed by atoms with Gasteiger partial charge in [-0.15, -0.1) is 0 Å². The van der Waals surface area contributed by atoms with Crippen LogP contribution in [-0.2, 0) is 11.2 Å². The second-order valence-electron chi connectivity index (χ2n) is 6.99. The van der Waals surface area contributed by atoms with E-state index >= 15 is 0 Å². The number of hydrogen-bond donors (Lipinski definition) is 1. The minimum Gasteiger partial charge on any atom is -0.354 e. The maximum Gasteiger partial charge on any atom is 0.224 e. The van der Waals surface area contributed by atoms with E-state index in [0.717, 1.165) is 33.3 Å². The van der Waals surface area contributed by atoms with Crippen molar-refractivity contribution in [3.05, 3.63) is 58.6 Å². The SMILES string of the molecule is Bc1ccc2nc(-c3cccc(Cl)c3)c(CC(=O)NC(C)C)c(C)c2c1. The van der Waals surface area contributed by atoms with Gasteiger partial charge in [-0.2, -0.15) is 0 Å². The molecular formula is C21H22BClN2O. The van der Waals surface area contributed by atoms with Crippen molar-refractivity contribution in [3.63, 3.8) is 0 Å². The zero-order valence-electron chi connectivity index (χ0n) is 15.6. The topological polar surface area (TPSA) is 42.0 Å². The van der Waals surface area contributed by atoms with Crippen LogP contribution in [0.3, 0.4) is 0 Å². The minimum absolute atomic E-state index is 0.000168. The molecule has 0 fully saturated rings. The highest BCUT2D eigenvalue weighted by molar-refractivity contribution is 6.33. The summed E-state index contributed by atoms with van der Waals surface area (Å²) in [5.74, 6) is 0.000168. The van der Waals surface area contributed by atoms with E-state index in [1.165, 1.54) is 5.46 Å². The van der Waals surface area contributed by atoms with Crippen molar-refractivity contribution in [3.8, 4) is 11.3 Å². The van der Waals surface area contributed by atoms with Gasteiger partial charge in [-0.1, -0.05) is 41.3 Å². The molecule has 0 aliphatic carbocycles. The van der Waals surface area contributed by atoms with E-state index in [0.29, 0.717) is 11.4 Å². The number of rotatable bonds is 4. The second-order valence-corrected chi connectivity index (χ2v) is 7.43. The van der Waals surface area contributed by atoms with Crippen LogP contribution in [0.5, 0.6) is 0 Å². The Labute approximate surface area is 160 Å². The van der Waals surface area contributed by atoms with Crippen molar-refractivity contribution in [1.82, 2.24) is 10.3 Å². The summed E-state index contributed by atoms with van der Waals surface area (Å²) < 4.78 is 0. The summed E-state index contributed by atoms with van der Waals surface area (Å²) in [5, 5.41) is 4.72. The Bertz CT molecular complexity index is 985. The van der Waals surface area contributed by atoms with E-state index in [9.17, 15) is 4.79 Å². The lowest BCUT2D eigenvalue weighted by molar-refractivity contribution is -0.120. The number of aryl methyl sites for hydroxylation is 1. The molecule has 0 unspecified atom stereocenters. The van der Waals surface area contributed by atoms with Gasteiger partial charge in [-0.3, -0.25) is 4.79 Å². The van der Waals surface area contributed by atoms with Crippen molar-refractivity contribution in [1.29, 1.82) is 0 Å². The van der Waals surface area contributed by atoms with E-state index in [4.69, 9.17) is 16.6 Å². The molecule has 0 saturated carbocycles. The van der Waals surface area contributed by atoms with Gasteiger partial charge in [-0.05, 0) is 50.1 Å². The first-order valence-electron chi connectivity index (χ1n) is 8.80. The van der Waals surface area contributed by atoms with Crippen molar-refractivity contribution in [2.24, 2.45) is 0 Å². The highest BCUT2D eigenvalue weighted by Crippen LogP contribution is 2.31. The van der Waals surface area contributed by atoms with Gasteiger partial charge >= 0.3 is 0 Å². The number of benzene rings is 2. The van der Waals surface area contributed by atoms with Crippen LogP contribution in [0.2, 0.25) is 5.02 Å². The highest BCUT2D eigenvalue weighted by Gasteiger charge is 2.17. The van der Waals surface area contributed by atoms with E-state index in [2.05, 4.69) is 32.2 Å². The minimum atomic E-state index is 0.000168. The lowest BCUT2D eigenvalue weighted by Crippen LogP contribution is -2.31. The molecule has 3 rings (SSSR count). The molecule has 3 nitrogen and oxygen atoms in total. The molecule has 0 radical (unpaired) electrons. The quantitative estimate of drug-likeness (QED) is 0.722. The van der Waals surface area contributed by atoms with Crippen molar-refractivity contribution < 1.29 is 4.79 Å². The first-order valence-corrected chi connectivity index (χ1v) is 9.18. The molecule has 0 bridgehead atoms. The Morgan fingerprint density at radius 3 is 2.69 bits per heavy atom. The number of carbonyl (C=O) groups excluding carboxylic acids is 1. The van der Waals surface area contributed by atoms with Crippen LogP contribution in [-0.4, -0.2) is 24.8 Å². The third-order valence-corrected chi connectivity index (χ3v) is 4.65. The lowest BCUT2D eigenvalue weighted by atomic mass is 9.90. The summed E-state index contributed by atoms with van der Waals surface area (Å²) in [7, 11) is 2.06. The summed E-state index contributed by atoms with van der Waals surface area (Å²) in [6.07, 6.45) is 0.294. The third-order valence-electron chi connectivity index (χ3n) is 4.41. The number of hydrogen-bond acceptors (Lipinski definition) is 2. The molecule has 1 amide bonds. The maximum atomic E-state index is 12.5. The van der Waals surface area contributed by atoms with Crippen LogP contribution >= 0.6 is 11.6 Å². The first-order chi connectivity index (χ1) is 12.3. The fourth-order valence-corrected chi connectivity index (χ4v) is 3.39. The van der Waals surface area contributed by atoms with Crippen LogP contribution in [0.15, 0.2) is 42.5 Å². The average molecular weight is 365 g/mol. The van der Waals surface area contributed by atoms with E-state index in [1.807, 2.05) is 44.2 Å². The molecule has 0 saturated heterocycles. The van der Waals surface area contributed by atoms with Gasteiger partial charge < -0.3 is 5.32 Å². The Balaban J connectivity index is 2.21. The van der Waals surface area contributed by atoms with Gasteiger partial charge in [-0.25, -0.2) is 4.98 Å². The molecule has 0 spiro atoms. The Kier molecular flexibility index (Phi) is 5.33. The van der Waals surface area contributed by atoms with Gasteiger partial charge in [0.05, 0.1) is 17.6 Å². The molecule has 132 valence electrons. The summed E-state index contributed by atoms with van der Waals surface area (Å²) in [6, 6.07) is 14.0. The van der Waals surface area contributed by atoms with Gasteiger partial charge in [0.1, 0.15) is 7.85 Å². The average Bonchev–Trinajstić information content (AvgIpc) is 2.57. The van der Waals surface area contributed by atoms with Crippen LogP contribution < -0.4 is 10.8 Å². The molecule has 0 aliphatic rings. The summed E-state index contributed by atoms with van der Waals surface area (Å²) >= 11 is 6.19. The molecule has 2 aromatic carbocycles. The zero-order chi connectivity index (χ0) is 18.8. The summed E-state index contributed by atoms with van der Waals surface area (Å²) in [5.41, 5.74) is 5.89. The van der Waals surface area contributed by atoms with Gasteiger partial charge in [0, 0.05) is 22.0 Å². The monoisotopic (exact) mass is 364 g/mol. The smallest absolute Gasteiger partial charge is 0.224 e. The van der Waals surface area contributed by atoms with Crippen molar-refractivity contribution >= 4 is 41.7 Å². The van der Waals surface area contributed by atoms with Gasteiger partial charge in [0.2, 0.25) is 5.91 Å².